The second-order valence-electron chi connectivity index (χ2n) is 4.01. The van der Waals surface area contributed by atoms with Gasteiger partial charge in [0.15, 0.2) is 0 Å². The third kappa shape index (κ3) is 2.87. The molecule has 0 amide bonds. The van der Waals surface area contributed by atoms with Crippen molar-refractivity contribution in [1.29, 1.82) is 0 Å². The molecule has 2 aromatic rings. The largest absolute Gasteiger partial charge is 0.319 e. The molecule has 0 aliphatic heterocycles. The van der Waals surface area contributed by atoms with Crippen molar-refractivity contribution >= 4 is 22.6 Å². The third-order valence-corrected chi connectivity index (χ3v) is 3.45. The average Bonchev–Trinajstić information content (AvgIpc) is 2.78. The molecule has 1 atom stereocenters. The van der Waals surface area contributed by atoms with Crippen LogP contribution in [-0.2, 0) is 6.54 Å². The molecule has 1 aromatic heterocycles. The van der Waals surface area contributed by atoms with Crippen molar-refractivity contribution in [2.45, 2.75) is 25.9 Å². The summed E-state index contributed by atoms with van der Waals surface area (Å²) in [6.07, 6.45) is 2.88. The summed E-state index contributed by atoms with van der Waals surface area (Å²) in [6, 6.07) is 10.2. The van der Waals surface area contributed by atoms with Crippen LogP contribution in [0.4, 0.5) is 0 Å². The van der Waals surface area contributed by atoms with Crippen molar-refractivity contribution in [2.75, 3.05) is 0 Å². The molecule has 3 nitrogen and oxygen atoms in total. The van der Waals surface area contributed by atoms with Crippen LogP contribution in [-0.4, -0.2) is 9.78 Å². The number of rotatable bonds is 4. The molecule has 0 saturated carbocycles. The van der Waals surface area contributed by atoms with E-state index in [0.29, 0.717) is 0 Å². The first-order valence-electron chi connectivity index (χ1n) is 5.75. The van der Waals surface area contributed by atoms with Crippen LogP contribution in [0.3, 0.4) is 0 Å². The number of aromatic nitrogens is 2. The minimum atomic E-state index is -0.0963. The summed E-state index contributed by atoms with van der Waals surface area (Å²) in [5.41, 5.74) is 8.48. The maximum absolute atomic E-state index is 6.28. The second-order valence-corrected chi connectivity index (χ2v) is 5.25. The summed E-state index contributed by atoms with van der Waals surface area (Å²) >= 11 is 2.30. The van der Waals surface area contributed by atoms with Gasteiger partial charge in [0, 0.05) is 16.3 Å². The van der Waals surface area contributed by atoms with E-state index in [-0.39, 0.29) is 6.04 Å². The molecule has 0 bridgehead atoms. The van der Waals surface area contributed by atoms with Crippen LogP contribution in [0.2, 0.25) is 0 Å². The van der Waals surface area contributed by atoms with E-state index in [0.717, 1.165) is 24.2 Å². The van der Waals surface area contributed by atoms with Crippen molar-refractivity contribution in [1.82, 2.24) is 9.78 Å². The molecule has 0 spiro atoms. The monoisotopic (exact) mass is 341 g/mol. The highest BCUT2D eigenvalue weighted by atomic mass is 127. The molecule has 0 saturated heterocycles. The lowest BCUT2D eigenvalue weighted by Crippen LogP contribution is -2.17. The van der Waals surface area contributed by atoms with Crippen LogP contribution >= 0.6 is 22.6 Å². The summed E-state index contributed by atoms with van der Waals surface area (Å²) in [5.74, 6) is 0. The molecular formula is C13H16IN3. The lowest BCUT2D eigenvalue weighted by atomic mass is 10.0. The van der Waals surface area contributed by atoms with E-state index in [2.05, 4.69) is 58.9 Å². The van der Waals surface area contributed by atoms with Crippen LogP contribution < -0.4 is 5.73 Å². The van der Waals surface area contributed by atoms with E-state index in [1.807, 2.05) is 16.9 Å². The van der Waals surface area contributed by atoms with Crippen LogP contribution in [0.15, 0.2) is 36.5 Å². The number of nitrogens with zero attached hydrogens (tertiary/aromatic N) is 2. The smallest absolute Gasteiger partial charge is 0.0723 e. The highest BCUT2D eigenvalue weighted by Crippen LogP contribution is 2.20. The van der Waals surface area contributed by atoms with Gasteiger partial charge in [-0.2, -0.15) is 5.10 Å². The number of nitrogens with two attached hydrogens (primary N) is 1. The molecular weight excluding hydrogens is 325 g/mol. The van der Waals surface area contributed by atoms with Crippen molar-refractivity contribution < 1.29 is 0 Å². The molecule has 17 heavy (non-hydrogen) atoms. The molecule has 2 rings (SSSR count). The Labute approximate surface area is 115 Å². The summed E-state index contributed by atoms with van der Waals surface area (Å²) in [4.78, 5) is 0. The SMILES string of the molecule is CCCn1nccc1C(N)c1ccc(I)cc1. The Morgan fingerprint density at radius 2 is 2.00 bits per heavy atom. The van der Waals surface area contributed by atoms with Gasteiger partial charge < -0.3 is 5.73 Å². The summed E-state index contributed by atoms with van der Waals surface area (Å²) in [5, 5.41) is 4.31. The quantitative estimate of drug-likeness (QED) is 0.869. The van der Waals surface area contributed by atoms with Gasteiger partial charge >= 0.3 is 0 Å². The van der Waals surface area contributed by atoms with Gasteiger partial charge in [-0.1, -0.05) is 19.1 Å². The molecule has 2 N–H and O–H groups in total. The normalized spacial score (nSPS) is 12.6. The summed E-state index contributed by atoms with van der Waals surface area (Å²) in [6.45, 7) is 3.06. The van der Waals surface area contributed by atoms with E-state index in [9.17, 15) is 0 Å². The van der Waals surface area contributed by atoms with Crippen molar-refractivity contribution in [2.24, 2.45) is 5.73 Å². The predicted octanol–water partition coefficient (Wildman–Crippen LogP) is 2.95. The van der Waals surface area contributed by atoms with Gasteiger partial charge in [0.05, 0.1) is 11.7 Å². The van der Waals surface area contributed by atoms with E-state index in [4.69, 9.17) is 5.73 Å². The molecule has 0 aliphatic carbocycles. The van der Waals surface area contributed by atoms with Crippen LogP contribution in [0.5, 0.6) is 0 Å². The first-order valence-corrected chi connectivity index (χ1v) is 6.83. The summed E-state index contributed by atoms with van der Waals surface area (Å²) in [7, 11) is 0. The van der Waals surface area contributed by atoms with Gasteiger partial charge in [-0.15, -0.1) is 0 Å². The molecule has 90 valence electrons. The zero-order chi connectivity index (χ0) is 12.3. The number of aryl methyl sites for hydroxylation is 1. The zero-order valence-electron chi connectivity index (χ0n) is 9.81. The molecule has 0 radical (unpaired) electrons. The first kappa shape index (κ1) is 12.6. The van der Waals surface area contributed by atoms with Gasteiger partial charge in [0.25, 0.3) is 0 Å². The first-order chi connectivity index (χ1) is 8.22. The fourth-order valence-electron chi connectivity index (χ4n) is 1.85. The lowest BCUT2D eigenvalue weighted by Gasteiger charge is -2.14. The van der Waals surface area contributed by atoms with Crippen LogP contribution in [0, 0.1) is 3.57 Å². The van der Waals surface area contributed by atoms with Gasteiger partial charge in [0.1, 0.15) is 0 Å². The number of halogens is 1. The maximum atomic E-state index is 6.28. The predicted molar refractivity (Wildman–Crippen MR) is 77.7 cm³/mol. The van der Waals surface area contributed by atoms with Crippen molar-refractivity contribution in [3.8, 4) is 0 Å². The van der Waals surface area contributed by atoms with E-state index < -0.39 is 0 Å². The minimum Gasteiger partial charge on any atom is -0.319 e. The number of benzene rings is 1. The Morgan fingerprint density at radius 3 is 2.65 bits per heavy atom. The van der Waals surface area contributed by atoms with Crippen LogP contribution in [0.25, 0.3) is 0 Å². The van der Waals surface area contributed by atoms with Gasteiger partial charge in [-0.25, -0.2) is 0 Å². The summed E-state index contributed by atoms with van der Waals surface area (Å²) < 4.78 is 3.21. The van der Waals surface area contributed by atoms with Crippen molar-refractivity contribution in [3.05, 3.63) is 51.4 Å². The molecule has 0 aliphatic rings. The Hall–Kier alpha value is -0.880. The van der Waals surface area contributed by atoms with E-state index in [1.165, 1.54) is 3.57 Å². The van der Waals surface area contributed by atoms with E-state index >= 15 is 0 Å². The number of hydrogen-bond acceptors (Lipinski definition) is 2. The van der Waals surface area contributed by atoms with E-state index in [1.54, 1.807) is 0 Å². The second kappa shape index (κ2) is 5.64. The fraction of sp³-hybridized carbons (Fsp3) is 0.308. The third-order valence-electron chi connectivity index (χ3n) is 2.73. The highest BCUT2D eigenvalue weighted by molar-refractivity contribution is 14.1. The Balaban J connectivity index is 2.26. The maximum Gasteiger partial charge on any atom is 0.0723 e. The van der Waals surface area contributed by atoms with Crippen molar-refractivity contribution in [3.63, 3.8) is 0 Å². The highest BCUT2D eigenvalue weighted by Gasteiger charge is 2.13. The Kier molecular flexibility index (Phi) is 4.17. The van der Waals surface area contributed by atoms with Gasteiger partial charge in [-0.05, 0) is 52.8 Å². The minimum absolute atomic E-state index is 0.0963. The molecule has 1 aromatic carbocycles. The zero-order valence-corrected chi connectivity index (χ0v) is 12.0. The van der Waals surface area contributed by atoms with Crippen LogP contribution in [0.1, 0.15) is 30.6 Å². The standard InChI is InChI=1S/C13H16IN3/c1-2-9-17-12(7-8-16-17)13(15)10-3-5-11(14)6-4-10/h3-8,13H,2,9,15H2,1H3. The fourth-order valence-corrected chi connectivity index (χ4v) is 2.21. The molecule has 1 heterocycles. The lowest BCUT2D eigenvalue weighted by molar-refractivity contribution is 0.560. The Bertz CT molecular complexity index is 476. The number of hydrogen-bond donors (Lipinski definition) is 1. The molecule has 1 unspecified atom stereocenters. The molecule has 0 fully saturated rings. The molecule has 4 heteroatoms. The average molecular weight is 341 g/mol. The van der Waals surface area contributed by atoms with Gasteiger partial charge in [-0.3, -0.25) is 4.68 Å². The topological polar surface area (TPSA) is 43.8 Å². The van der Waals surface area contributed by atoms with Gasteiger partial charge in [0.2, 0.25) is 0 Å². The Morgan fingerprint density at radius 1 is 1.29 bits per heavy atom.